The van der Waals surface area contributed by atoms with Crippen molar-refractivity contribution < 1.29 is 14.4 Å². The number of carbonyl (C=O) groups excluding carboxylic acids is 3. The Morgan fingerprint density at radius 3 is 2.24 bits per heavy atom. The predicted molar refractivity (Wildman–Crippen MR) is 128 cm³/mol. The van der Waals surface area contributed by atoms with Crippen LogP contribution in [0.4, 0.5) is 11.4 Å². The van der Waals surface area contributed by atoms with Crippen molar-refractivity contribution >= 4 is 29.1 Å². The van der Waals surface area contributed by atoms with E-state index in [9.17, 15) is 14.4 Å². The lowest BCUT2D eigenvalue weighted by atomic mass is 9.87. The van der Waals surface area contributed by atoms with E-state index in [1.165, 1.54) is 0 Å². The molecule has 0 saturated carbocycles. The second-order valence-corrected chi connectivity index (χ2v) is 8.79. The van der Waals surface area contributed by atoms with Crippen molar-refractivity contribution in [1.29, 1.82) is 0 Å². The van der Waals surface area contributed by atoms with Crippen molar-refractivity contribution in [2.45, 2.75) is 39.2 Å². The van der Waals surface area contributed by atoms with Crippen LogP contribution in [0.3, 0.4) is 0 Å². The minimum absolute atomic E-state index is 0.000101. The van der Waals surface area contributed by atoms with E-state index >= 15 is 0 Å². The van der Waals surface area contributed by atoms with Gasteiger partial charge in [0.1, 0.15) is 6.04 Å². The van der Waals surface area contributed by atoms with Gasteiger partial charge in [-0.05, 0) is 54.3 Å². The Kier molecular flexibility index (Phi) is 7.27. The third-order valence-corrected chi connectivity index (χ3v) is 5.14. The summed E-state index contributed by atoms with van der Waals surface area (Å²) in [5, 5.41) is 12.2. The molecule has 0 fully saturated rings. The molecule has 0 spiro atoms. The molecule has 0 saturated heterocycles. The lowest BCUT2D eigenvalue weighted by Gasteiger charge is -2.19. The zero-order valence-electron chi connectivity index (χ0n) is 19.3. The summed E-state index contributed by atoms with van der Waals surface area (Å²) in [5.74, 6) is -0.922. The van der Waals surface area contributed by atoms with Crippen LogP contribution in [0.15, 0.2) is 67.0 Å². The molecule has 8 heteroatoms. The Bertz CT molecular complexity index is 1120. The lowest BCUT2D eigenvalue weighted by Crippen LogP contribution is -2.32. The van der Waals surface area contributed by atoms with Gasteiger partial charge < -0.3 is 16.0 Å². The number of nitrogens with one attached hydrogen (secondary N) is 3. The second-order valence-electron chi connectivity index (χ2n) is 8.79. The van der Waals surface area contributed by atoms with Crippen molar-refractivity contribution in [3.63, 3.8) is 0 Å². The molecular formula is C25H29N5O3. The number of benzene rings is 2. The Balaban J connectivity index is 1.52. The smallest absolute Gasteiger partial charge is 0.251 e. The molecule has 1 unspecified atom stereocenters. The van der Waals surface area contributed by atoms with Crippen LogP contribution in [0.1, 0.15) is 49.7 Å². The molecule has 0 bridgehead atoms. The Morgan fingerprint density at radius 1 is 0.970 bits per heavy atom. The fourth-order valence-electron chi connectivity index (χ4n) is 3.14. The number of hydrogen-bond donors (Lipinski definition) is 3. The summed E-state index contributed by atoms with van der Waals surface area (Å²) in [4.78, 5) is 37.1. The first-order valence-corrected chi connectivity index (χ1v) is 10.7. The first-order valence-electron chi connectivity index (χ1n) is 10.7. The van der Waals surface area contributed by atoms with Crippen LogP contribution < -0.4 is 16.0 Å². The van der Waals surface area contributed by atoms with Gasteiger partial charge in [0.25, 0.3) is 5.91 Å². The Morgan fingerprint density at radius 2 is 1.64 bits per heavy atom. The van der Waals surface area contributed by atoms with E-state index in [1.54, 1.807) is 66.5 Å². The molecule has 0 aliphatic carbocycles. The number of hydrogen-bond acceptors (Lipinski definition) is 4. The number of carbonyl (C=O) groups is 3. The fourth-order valence-corrected chi connectivity index (χ4v) is 3.14. The number of rotatable bonds is 7. The number of anilines is 2. The second kappa shape index (κ2) is 10.1. The van der Waals surface area contributed by atoms with E-state index in [0.717, 1.165) is 5.56 Å². The maximum Gasteiger partial charge on any atom is 0.251 e. The molecule has 3 N–H and O–H groups in total. The van der Waals surface area contributed by atoms with Gasteiger partial charge in [-0.15, -0.1) is 0 Å². The summed E-state index contributed by atoms with van der Waals surface area (Å²) in [6, 6.07) is 15.4. The van der Waals surface area contributed by atoms with E-state index < -0.39 is 6.04 Å². The molecule has 3 amide bonds. The summed E-state index contributed by atoms with van der Waals surface area (Å²) in [6.07, 6.45) is 3.33. The van der Waals surface area contributed by atoms with Gasteiger partial charge in [0, 0.05) is 29.3 Å². The molecule has 8 nitrogen and oxygen atoms in total. The fraction of sp³-hybridized carbons (Fsp3) is 0.280. The van der Waals surface area contributed by atoms with Gasteiger partial charge in [-0.2, -0.15) is 5.10 Å². The van der Waals surface area contributed by atoms with Crippen LogP contribution in [-0.2, 0) is 15.0 Å². The maximum atomic E-state index is 12.4. The van der Waals surface area contributed by atoms with Crippen LogP contribution in [0, 0.1) is 0 Å². The zero-order valence-corrected chi connectivity index (χ0v) is 19.3. The number of amides is 3. The average Bonchev–Trinajstić information content (AvgIpc) is 3.31. The van der Waals surface area contributed by atoms with Crippen LogP contribution >= 0.6 is 0 Å². The molecule has 3 aromatic rings. The van der Waals surface area contributed by atoms with E-state index in [-0.39, 0.29) is 29.7 Å². The maximum absolute atomic E-state index is 12.4. The third-order valence-electron chi connectivity index (χ3n) is 5.14. The third kappa shape index (κ3) is 6.52. The van der Waals surface area contributed by atoms with Crippen molar-refractivity contribution in [3.8, 4) is 0 Å². The Hall–Kier alpha value is -3.94. The molecular weight excluding hydrogens is 418 g/mol. The van der Waals surface area contributed by atoms with E-state index in [2.05, 4.69) is 41.8 Å². The molecule has 1 aromatic heterocycles. The normalized spacial score (nSPS) is 12.0. The highest BCUT2D eigenvalue weighted by Crippen LogP contribution is 2.22. The van der Waals surface area contributed by atoms with Gasteiger partial charge in [-0.25, -0.2) is 0 Å². The highest BCUT2D eigenvalue weighted by molar-refractivity contribution is 6.00. The topological polar surface area (TPSA) is 105 Å². The molecule has 3 rings (SSSR count). The van der Waals surface area contributed by atoms with Crippen LogP contribution in [-0.4, -0.2) is 34.0 Å². The van der Waals surface area contributed by atoms with E-state index in [1.807, 2.05) is 12.1 Å². The minimum atomic E-state index is -0.481. The summed E-state index contributed by atoms with van der Waals surface area (Å²) >= 11 is 0. The Labute approximate surface area is 193 Å². The number of nitrogens with zero attached hydrogens (tertiary/aromatic N) is 2. The van der Waals surface area contributed by atoms with Crippen molar-refractivity contribution in [2.24, 2.45) is 0 Å². The van der Waals surface area contributed by atoms with E-state index in [0.29, 0.717) is 16.9 Å². The van der Waals surface area contributed by atoms with Crippen molar-refractivity contribution in [3.05, 3.63) is 78.1 Å². The first-order chi connectivity index (χ1) is 15.6. The van der Waals surface area contributed by atoms with Gasteiger partial charge in [0.05, 0.1) is 6.54 Å². The average molecular weight is 448 g/mol. The largest absolute Gasteiger partial charge is 0.343 e. The molecule has 0 radical (unpaired) electrons. The van der Waals surface area contributed by atoms with Crippen LogP contribution in [0.25, 0.3) is 0 Å². The molecule has 0 aliphatic heterocycles. The molecule has 33 heavy (non-hydrogen) atoms. The van der Waals surface area contributed by atoms with Crippen molar-refractivity contribution in [1.82, 2.24) is 15.1 Å². The molecule has 2 aromatic carbocycles. The SMILES string of the molecule is CC(C(=O)Nc1cccc(NC(=O)CNC(=O)c2ccc(C(C)(C)C)cc2)c1)n1cccn1. The first kappa shape index (κ1) is 23.7. The highest BCUT2D eigenvalue weighted by atomic mass is 16.2. The van der Waals surface area contributed by atoms with Crippen LogP contribution in [0.2, 0.25) is 0 Å². The monoisotopic (exact) mass is 447 g/mol. The van der Waals surface area contributed by atoms with Gasteiger partial charge >= 0.3 is 0 Å². The molecule has 1 heterocycles. The summed E-state index contributed by atoms with van der Waals surface area (Å²) in [6.45, 7) is 7.88. The van der Waals surface area contributed by atoms with Crippen molar-refractivity contribution in [2.75, 3.05) is 17.2 Å². The van der Waals surface area contributed by atoms with Gasteiger partial charge in [-0.1, -0.05) is 39.0 Å². The standard InChI is InChI=1S/C25H29N5O3/c1-17(30-14-6-13-27-30)23(32)29-21-8-5-7-20(15-21)28-22(31)16-26-24(33)18-9-11-19(12-10-18)25(2,3)4/h5-15,17H,16H2,1-4H3,(H,26,33)(H,28,31)(H,29,32). The van der Waals surface area contributed by atoms with E-state index in [4.69, 9.17) is 0 Å². The summed E-state index contributed by atoms with van der Waals surface area (Å²) in [7, 11) is 0. The summed E-state index contributed by atoms with van der Waals surface area (Å²) < 4.78 is 1.56. The summed E-state index contributed by atoms with van der Waals surface area (Å²) in [5.41, 5.74) is 2.67. The highest BCUT2D eigenvalue weighted by Gasteiger charge is 2.16. The quantitative estimate of drug-likeness (QED) is 0.513. The van der Waals surface area contributed by atoms with Gasteiger partial charge in [-0.3, -0.25) is 19.1 Å². The minimum Gasteiger partial charge on any atom is -0.343 e. The molecule has 1 atom stereocenters. The predicted octanol–water partition coefficient (Wildman–Crippen LogP) is 3.75. The number of aromatic nitrogens is 2. The lowest BCUT2D eigenvalue weighted by molar-refractivity contribution is -0.119. The zero-order chi connectivity index (χ0) is 24.0. The molecule has 172 valence electrons. The van der Waals surface area contributed by atoms with Gasteiger partial charge in [0.2, 0.25) is 11.8 Å². The van der Waals surface area contributed by atoms with Gasteiger partial charge in [0.15, 0.2) is 0 Å². The molecule has 0 aliphatic rings. The van der Waals surface area contributed by atoms with Crippen LogP contribution in [0.5, 0.6) is 0 Å².